The fraction of sp³-hybridized carbons (Fsp3) is 0.174. The van der Waals surface area contributed by atoms with Gasteiger partial charge in [-0.2, -0.15) is 0 Å². The molecule has 0 spiro atoms. The van der Waals surface area contributed by atoms with Crippen molar-refractivity contribution in [3.05, 3.63) is 99.4 Å². The van der Waals surface area contributed by atoms with Crippen LogP contribution in [0.15, 0.2) is 67.0 Å². The molecule has 1 aromatic heterocycles. The van der Waals surface area contributed by atoms with E-state index in [9.17, 15) is 19.7 Å². The number of nitro benzene ring substituents is 1. The van der Waals surface area contributed by atoms with E-state index in [1.807, 2.05) is 6.07 Å². The average molecular weight is 419 g/mol. The van der Waals surface area contributed by atoms with Crippen molar-refractivity contribution in [1.82, 2.24) is 4.98 Å². The first-order valence-corrected chi connectivity index (χ1v) is 9.63. The Morgan fingerprint density at radius 2 is 1.81 bits per heavy atom. The minimum atomic E-state index is -0.508. The molecule has 0 atom stereocenters. The van der Waals surface area contributed by atoms with Gasteiger partial charge in [-0.3, -0.25) is 19.9 Å². The molecule has 0 aliphatic heterocycles. The molecule has 8 heteroatoms. The number of pyridine rings is 1. The van der Waals surface area contributed by atoms with E-state index >= 15 is 0 Å². The van der Waals surface area contributed by atoms with Crippen LogP contribution in [0, 0.1) is 17.0 Å². The van der Waals surface area contributed by atoms with E-state index in [2.05, 4.69) is 4.98 Å². The molecule has 3 rings (SSSR count). The van der Waals surface area contributed by atoms with Gasteiger partial charge in [-0.25, -0.2) is 4.79 Å². The molecule has 8 nitrogen and oxygen atoms in total. The molecule has 0 bridgehead atoms. The van der Waals surface area contributed by atoms with Crippen molar-refractivity contribution in [2.24, 2.45) is 0 Å². The highest BCUT2D eigenvalue weighted by Crippen LogP contribution is 2.25. The fourth-order valence-corrected chi connectivity index (χ4v) is 3.04. The molecule has 0 saturated carbocycles. The van der Waals surface area contributed by atoms with Crippen molar-refractivity contribution in [2.75, 3.05) is 11.5 Å². The molecule has 0 fully saturated rings. The summed E-state index contributed by atoms with van der Waals surface area (Å²) < 4.78 is 5.00. The van der Waals surface area contributed by atoms with Crippen LogP contribution in [0.1, 0.15) is 38.8 Å². The summed E-state index contributed by atoms with van der Waals surface area (Å²) in [7, 11) is 0. The van der Waals surface area contributed by atoms with Gasteiger partial charge in [0.25, 0.3) is 11.6 Å². The number of aryl methyl sites for hydroxylation is 1. The summed E-state index contributed by atoms with van der Waals surface area (Å²) in [5.41, 5.74) is 2.22. The number of benzene rings is 2. The van der Waals surface area contributed by atoms with E-state index in [0.717, 1.165) is 5.56 Å². The number of anilines is 1. The summed E-state index contributed by atoms with van der Waals surface area (Å²) in [6.45, 7) is 3.81. The molecule has 31 heavy (non-hydrogen) atoms. The zero-order chi connectivity index (χ0) is 22.4. The van der Waals surface area contributed by atoms with E-state index in [-0.39, 0.29) is 24.4 Å². The second-order valence-electron chi connectivity index (χ2n) is 6.78. The van der Waals surface area contributed by atoms with Crippen molar-refractivity contribution < 1.29 is 19.2 Å². The van der Waals surface area contributed by atoms with Crippen molar-refractivity contribution >= 4 is 23.3 Å². The number of hydrogen-bond acceptors (Lipinski definition) is 6. The van der Waals surface area contributed by atoms with Crippen molar-refractivity contribution in [1.29, 1.82) is 0 Å². The van der Waals surface area contributed by atoms with Gasteiger partial charge in [0.05, 0.1) is 23.6 Å². The Balaban J connectivity index is 1.99. The first-order valence-electron chi connectivity index (χ1n) is 9.63. The van der Waals surface area contributed by atoms with Crippen LogP contribution >= 0.6 is 0 Å². The number of ether oxygens (including phenoxy) is 1. The van der Waals surface area contributed by atoms with Crippen LogP contribution in [-0.2, 0) is 11.3 Å². The van der Waals surface area contributed by atoms with Gasteiger partial charge in [-0.05, 0) is 55.8 Å². The largest absolute Gasteiger partial charge is 0.462 e. The van der Waals surface area contributed by atoms with Gasteiger partial charge in [0.15, 0.2) is 0 Å². The average Bonchev–Trinajstić information content (AvgIpc) is 2.78. The van der Waals surface area contributed by atoms with Crippen LogP contribution in [0.5, 0.6) is 0 Å². The molecule has 2 aromatic carbocycles. The summed E-state index contributed by atoms with van der Waals surface area (Å²) in [4.78, 5) is 41.6. The Bertz CT molecular complexity index is 1100. The zero-order valence-corrected chi connectivity index (χ0v) is 17.1. The minimum Gasteiger partial charge on any atom is -0.462 e. The topological polar surface area (TPSA) is 103 Å². The molecule has 0 N–H and O–H groups in total. The van der Waals surface area contributed by atoms with E-state index in [4.69, 9.17) is 4.74 Å². The van der Waals surface area contributed by atoms with Gasteiger partial charge in [0.2, 0.25) is 0 Å². The number of amides is 1. The second-order valence-corrected chi connectivity index (χ2v) is 6.78. The van der Waals surface area contributed by atoms with Gasteiger partial charge in [0.1, 0.15) is 0 Å². The molecule has 1 heterocycles. The first-order chi connectivity index (χ1) is 14.9. The maximum absolute atomic E-state index is 13.3. The Morgan fingerprint density at radius 3 is 2.42 bits per heavy atom. The van der Waals surface area contributed by atoms with Crippen molar-refractivity contribution in [3.8, 4) is 0 Å². The third-order valence-electron chi connectivity index (χ3n) is 4.65. The zero-order valence-electron chi connectivity index (χ0n) is 17.1. The standard InChI is InChI=1S/C23H21N3O5/c1-3-31-23(28)18-8-10-20(11-9-18)25(15-17-5-4-12-24-14-17)22(27)19-7-6-16(2)21(13-19)26(29)30/h4-14H,3,15H2,1-2H3. The Morgan fingerprint density at radius 1 is 1.10 bits per heavy atom. The second kappa shape index (κ2) is 9.62. The lowest BCUT2D eigenvalue weighted by Crippen LogP contribution is -2.30. The predicted octanol–water partition coefficient (Wildman–Crippen LogP) is 4.32. The van der Waals surface area contributed by atoms with Crippen LogP contribution in [0.3, 0.4) is 0 Å². The van der Waals surface area contributed by atoms with Crippen molar-refractivity contribution in [2.45, 2.75) is 20.4 Å². The van der Waals surface area contributed by atoms with Crippen LogP contribution < -0.4 is 4.90 Å². The highest BCUT2D eigenvalue weighted by atomic mass is 16.6. The van der Waals surface area contributed by atoms with Crippen LogP contribution in [-0.4, -0.2) is 28.4 Å². The molecule has 0 saturated heterocycles. The van der Waals surface area contributed by atoms with Gasteiger partial charge >= 0.3 is 5.97 Å². The monoisotopic (exact) mass is 419 g/mol. The van der Waals surface area contributed by atoms with Gasteiger partial charge < -0.3 is 9.64 Å². The molecule has 0 radical (unpaired) electrons. The molecule has 3 aromatic rings. The quantitative estimate of drug-likeness (QED) is 0.321. The van der Waals surface area contributed by atoms with Crippen LogP contribution in [0.25, 0.3) is 0 Å². The molecule has 0 aliphatic carbocycles. The van der Waals surface area contributed by atoms with E-state index in [1.54, 1.807) is 68.7 Å². The summed E-state index contributed by atoms with van der Waals surface area (Å²) in [5.74, 6) is -0.857. The number of esters is 1. The highest BCUT2D eigenvalue weighted by Gasteiger charge is 2.22. The maximum Gasteiger partial charge on any atom is 0.338 e. The lowest BCUT2D eigenvalue weighted by atomic mass is 10.1. The van der Waals surface area contributed by atoms with Gasteiger partial charge in [0, 0.05) is 35.3 Å². The lowest BCUT2D eigenvalue weighted by Gasteiger charge is -2.23. The Hall–Kier alpha value is -4.07. The molecule has 0 unspecified atom stereocenters. The van der Waals surface area contributed by atoms with E-state index < -0.39 is 16.8 Å². The Kier molecular flexibility index (Phi) is 6.71. The predicted molar refractivity (Wildman–Crippen MR) is 115 cm³/mol. The molecular weight excluding hydrogens is 398 g/mol. The van der Waals surface area contributed by atoms with Crippen molar-refractivity contribution in [3.63, 3.8) is 0 Å². The SMILES string of the molecule is CCOC(=O)c1ccc(N(Cc2cccnc2)C(=O)c2ccc(C)c([N+](=O)[O-])c2)cc1. The Labute approximate surface area is 179 Å². The minimum absolute atomic E-state index is 0.121. The summed E-state index contributed by atoms with van der Waals surface area (Å²) in [5, 5.41) is 11.3. The number of nitrogens with zero attached hydrogens (tertiary/aromatic N) is 3. The smallest absolute Gasteiger partial charge is 0.338 e. The number of rotatable bonds is 7. The summed E-state index contributed by atoms with van der Waals surface area (Å²) in [6, 6.07) is 14.4. The third-order valence-corrected chi connectivity index (χ3v) is 4.65. The van der Waals surface area contributed by atoms with E-state index in [1.165, 1.54) is 11.0 Å². The number of carbonyl (C=O) groups excluding carboxylic acids is 2. The highest BCUT2D eigenvalue weighted by molar-refractivity contribution is 6.06. The summed E-state index contributed by atoms with van der Waals surface area (Å²) in [6.07, 6.45) is 3.28. The molecule has 158 valence electrons. The van der Waals surface area contributed by atoms with Gasteiger partial charge in [-0.1, -0.05) is 12.1 Å². The molecular formula is C23H21N3O5. The number of carbonyl (C=O) groups is 2. The molecule has 0 aliphatic rings. The number of nitro groups is 1. The lowest BCUT2D eigenvalue weighted by molar-refractivity contribution is -0.385. The third kappa shape index (κ3) is 5.11. The fourth-order valence-electron chi connectivity index (χ4n) is 3.04. The van der Waals surface area contributed by atoms with Crippen LogP contribution in [0.4, 0.5) is 11.4 Å². The molecule has 1 amide bonds. The number of hydrogen-bond donors (Lipinski definition) is 0. The first kappa shape index (κ1) is 21.6. The maximum atomic E-state index is 13.3. The normalized spacial score (nSPS) is 10.4. The van der Waals surface area contributed by atoms with E-state index in [0.29, 0.717) is 16.8 Å². The number of aromatic nitrogens is 1. The van der Waals surface area contributed by atoms with Gasteiger partial charge in [-0.15, -0.1) is 0 Å². The summed E-state index contributed by atoms with van der Waals surface area (Å²) >= 11 is 0. The van der Waals surface area contributed by atoms with Crippen LogP contribution in [0.2, 0.25) is 0 Å².